The standard InChI is InChI=1S/C46H14B14N4O/c47-30-26(31(48)37(54)32(49)27(30)28-33(50)38(55)42(59)39(56)34(28)51)22-5-2-6-23-25(22)21-12-11-20(14-24(21)65-23)45-62-44(18-9-7-17(8-10-18)19-4-1-3-16(13-19)15-61)63-46(64-45)29-35(52)40(57)43(60)41(58)36(29)53/h1-14H. The zero-order chi connectivity index (χ0) is 46.3. The summed E-state index contributed by atoms with van der Waals surface area (Å²) in [5, 5.41) is 10.8. The molecule has 9 rings (SSSR count). The quantitative estimate of drug-likeness (QED) is 0.158. The fourth-order valence-electron chi connectivity index (χ4n) is 8.10. The highest BCUT2D eigenvalue weighted by Crippen LogP contribution is 2.38. The first-order valence-electron chi connectivity index (χ1n) is 19.6. The van der Waals surface area contributed by atoms with Gasteiger partial charge in [0.05, 0.1) is 11.6 Å². The van der Waals surface area contributed by atoms with Gasteiger partial charge >= 0.3 is 0 Å². The molecule has 5 nitrogen and oxygen atoms in total. The number of hydrogen-bond donors (Lipinski definition) is 0. The molecule has 7 aromatic carbocycles. The molecule has 2 aromatic heterocycles. The minimum absolute atomic E-state index is 0.00384. The number of benzene rings is 7. The molecule has 0 bridgehead atoms. The van der Waals surface area contributed by atoms with Crippen LogP contribution in [0.5, 0.6) is 0 Å². The number of hydrogen-bond acceptors (Lipinski definition) is 5. The Labute approximate surface area is 394 Å². The lowest BCUT2D eigenvalue weighted by molar-refractivity contribution is 0.669. The van der Waals surface area contributed by atoms with Crippen molar-refractivity contribution in [1.82, 2.24) is 15.0 Å². The Bertz CT molecular complexity index is 3510. The largest absolute Gasteiger partial charge is 0.456 e. The van der Waals surface area contributed by atoms with Gasteiger partial charge in [-0.1, -0.05) is 92.8 Å². The Morgan fingerprint density at radius 2 is 0.831 bits per heavy atom. The van der Waals surface area contributed by atoms with E-state index < -0.39 is 0 Å². The van der Waals surface area contributed by atoms with Crippen LogP contribution < -0.4 is 76.5 Å². The number of nitrogens with zero attached hydrogens (tertiary/aromatic N) is 4. The molecule has 0 amide bonds. The van der Waals surface area contributed by atoms with E-state index in [1.54, 1.807) is 30.3 Å². The molecule has 9 aromatic rings. The Morgan fingerprint density at radius 3 is 1.43 bits per heavy atom. The second-order valence-corrected chi connectivity index (χ2v) is 15.4. The Morgan fingerprint density at radius 1 is 0.369 bits per heavy atom. The predicted molar refractivity (Wildman–Crippen MR) is 280 cm³/mol. The van der Waals surface area contributed by atoms with Crippen LogP contribution in [0.2, 0.25) is 0 Å². The van der Waals surface area contributed by atoms with Gasteiger partial charge < -0.3 is 4.42 Å². The van der Waals surface area contributed by atoms with E-state index in [4.69, 9.17) is 129 Å². The maximum Gasteiger partial charge on any atom is 0.164 e. The van der Waals surface area contributed by atoms with Crippen molar-refractivity contribution < 1.29 is 4.42 Å². The summed E-state index contributed by atoms with van der Waals surface area (Å²) in [6, 6.07) is 27.8. The molecule has 65 heavy (non-hydrogen) atoms. The highest BCUT2D eigenvalue weighted by molar-refractivity contribution is 6.71. The Balaban J connectivity index is 1.23. The van der Waals surface area contributed by atoms with Crippen molar-refractivity contribution >= 4 is 208 Å². The van der Waals surface area contributed by atoms with Gasteiger partial charge in [-0.15, -0.1) is 38.2 Å². The number of fused-ring (bicyclic) bond motifs is 3. The fraction of sp³-hybridized carbons (Fsp3) is 0. The summed E-state index contributed by atoms with van der Waals surface area (Å²) < 4.78 is 6.49. The van der Waals surface area contributed by atoms with Crippen LogP contribution in [-0.2, 0) is 0 Å². The first kappa shape index (κ1) is 44.0. The first-order valence-corrected chi connectivity index (χ1v) is 19.6. The van der Waals surface area contributed by atoms with E-state index in [2.05, 4.69) is 6.07 Å². The lowest BCUT2D eigenvalue weighted by atomic mass is 9.56. The summed E-state index contributed by atoms with van der Waals surface area (Å²) in [6.45, 7) is 0. The highest BCUT2D eigenvalue weighted by Gasteiger charge is 2.24. The summed E-state index contributed by atoms with van der Waals surface area (Å²) >= 11 is 0. The van der Waals surface area contributed by atoms with Gasteiger partial charge in [0, 0.05) is 27.5 Å². The molecule has 0 atom stereocenters. The molecule has 0 saturated carbocycles. The van der Waals surface area contributed by atoms with Crippen LogP contribution >= 0.6 is 0 Å². The van der Waals surface area contributed by atoms with E-state index >= 15 is 0 Å². The SMILES string of the molecule is [B]c1c([B])c([B])c(-c2nc(-c3ccc(-c4cccc(C#N)c4)cc3)nc(-c3ccc4c(c3)oc3cccc(-c5c([B])c([B])c([B])c(-c6c([B])c([B])c([B])c([B])c6[B])c5[B])c34)n2)c([B])c1[B]. The molecule has 266 valence electrons. The van der Waals surface area contributed by atoms with Gasteiger partial charge in [0.2, 0.25) is 0 Å². The van der Waals surface area contributed by atoms with Gasteiger partial charge in [0.15, 0.2) is 17.5 Å². The average molecular weight is 790 g/mol. The molecule has 28 radical (unpaired) electrons. The third-order valence-corrected chi connectivity index (χ3v) is 11.7. The predicted octanol–water partition coefficient (Wildman–Crippen LogP) is -5.24. The molecule has 2 heterocycles. The molecule has 0 saturated heterocycles. The smallest absolute Gasteiger partial charge is 0.164 e. The summed E-state index contributed by atoms with van der Waals surface area (Å²) in [5.74, 6) is 0.591. The third kappa shape index (κ3) is 7.12. The van der Waals surface area contributed by atoms with Crippen LogP contribution in [0, 0.1) is 11.3 Å². The maximum absolute atomic E-state index is 9.45. The maximum atomic E-state index is 9.45. The van der Waals surface area contributed by atoms with Gasteiger partial charge in [0.25, 0.3) is 0 Å². The second-order valence-electron chi connectivity index (χ2n) is 15.4. The lowest BCUT2D eigenvalue weighted by Gasteiger charge is -2.28. The van der Waals surface area contributed by atoms with Crippen molar-refractivity contribution in [2.24, 2.45) is 0 Å². The second kappa shape index (κ2) is 16.6. The summed E-state index contributed by atoms with van der Waals surface area (Å²) in [7, 11) is 90.2. The van der Waals surface area contributed by atoms with E-state index in [1.165, 1.54) is 0 Å². The van der Waals surface area contributed by atoms with Crippen LogP contribution in [0.1, 0.15) is 5.56 Å². The summed E-state index contributed by atoms with van der Waals surface area (Å²) in [4.78, 5) is 14.6. The normalized spacial score (nSPS) is 11.3. The van der Waals surface area contributed by atoms with Crippen molar-refractivity contribution in [2.75, 3.05) is 0 Å². The van der Waals surface area contributed by atoms with Crippen LogP contribution in [0.15, 0.2) is 89.3 Å². The van der Waals surface area contributed by atoms with Gasteiger partial charge in [-0.25, -0.2) is 15.0 Å². The van der Waals surface area contributed by atoms with Crippen LogP contribution in [0.4, 0.5) is 0 Å². The summed E-state index contributed by atoms with van der Waals surface area (Å²) in [6.07, 6.45) is 0. The van der Waals surface area contributed by atoms with Gasteiger partial charge in [-0.05, 0) is 63.7 Å². The van der Waals surface area contributed by atoms with Gasteiger partial charge in [-0.2, -0.15) is 5.26 Å². The highest BCUT2D eigenvalue weighted by atomic mass is 16.3. The zero-order valence-electron chi connectivity index (χ0n) is 34.4. The number of furan rings is 1. The molecular formula is C46H14B14N4O. The molecular weight excluding hydrogens is 776 g/mol. The van der Waals surface area contributed by atoms with Crippen LogP contribution in [0.3, 0.4) is 0 Å². The van der Waals surface area contributed by atoms with E-state index in [0.717, 1.165) is 11.1 Å². The molecule has 0 unspecified atom stereocenters. The van der Waals surface area contributed by atoms with Crippen molar-refractivity contribution in [3.8, 4) is 73.6 Å². The van der Waals surface area contributed by atoms with E-state index in [0.29, 0.717) is 49.8 Å². The molecule has 0 fully saturated rings. The van der Waals surface area contributed by atoms with Crippen LogP contribution in [0.25, 0.3) is 89.5 Å². The number of aromatic nitrogens is 3. The number of rotatable bonds is 6. The number of nitriles is 1. The molecule has 0 N–H and O–H groups in total. The van der Waals surface area contributed by atoms with Gasteiger partial charge in [-0.3, -0.25) is 0 Å². The Hall–Kier alpha value is -6.25. The van der Waals surface area contributed by atoms with Gasteiger partial charge in [0.1, 0.15) is 121 Å². The third-order valence-electron chi connectivity index (χ3n) is 11.7. The zero-order valence-corrected chi connectivity index (χ0v) is 34.4. The lowest BCUT2D eigenvalue weighted by Crippen LogP contribution is -2.57. The van der Waals surface area contributed by atoms with Crippen molar-refractivity contribution in [2.45, 2.75) is 0 Å². The van der Waals surface area contributed by atoms with E-state index in [-0.39, 0.29) is 111 Å². The topological polar surface area (TPSA) is 75.6 Å². The van der Waals surface area contributed by atoms with Crippen LogP contribution in [-0.4, -0.2) is 125 Å². The van der Waals surface area contributed by atoms with Crippen molar-refractivity contribution in [1.29, 1.82) is 5.26 Å². The minimum Gasteiger partial charge on any atom is -0.456 e. The molecule has 0 aliphatic carbocycles. The monoisotopic (exact) mass is 792 g/mol. The molecule has 0 aliphatic rings. The first-order chi connectivity index (χ1) is 31.0. The average Bonchev–Trinajstić information content (AvgIpc) is 3.70. The van der Waals surface area contributed by atoms with Crippen molar-refractivity contribution in [3.05, 3.63) is 90.5 Å². The summed E-state index contributed by atoms with van der Waals surface area (Å²) in [5.41, 5.74) is 6.29. The Kier molecular flexibility index (Phi) is 11.3. The minimum atomic E-state index is 0.00384. The van der Waals surface area contributed by atoms with E-state index in [9.17, 15) is 5.26 Å². The van der Waals surface area contributed by atoms with Crippen molar-refractivity contribution in [3.63, 3.8) is 0 Å². The van der Waals surface area contributed by atoms with E-state index in [1.807, 2.05) is 54.6 Å². The molecule has 0 spiro atoms. The fourth-order valence-corrected chi connectivity index (χ4v) is 8.10. The molecule has 19 heteroatoms. The molecule has 0 aliphatic heterocycles.